The van der Waals surface area contributed by atoms with E-state index in [1.807, 2.05) is 5.16 Å². The molecule has 5 heavy (non-hydrogen) atoms. The Bertz CT molecular complexity index is 24.8. The topological polar surface area (TPSA) is 52.8 Å². The minimum atomic E-state index is 0. The van der Waals surface area contributed by atoms with Crippen LogP contribution >= 0.6 is 0 Å². The molecule has 0 saturated heterocycles. The predicted octanol–water partition coefficient (Wildman–Crippen LogP) is -0.164. The minimum Gasteiger partial charge on any atom is -0.683 e. The molecule has 0 amide bonds. The van der Waals surface area contributed by atoms with Gasteiger partial charge in [0.1, 0.15) is 0 Å². The van der Waals surface area contributed by atoms with Crippen molar-refractivity contribution >= 4 is 6.40 Å². The van der Waals surface area contributed by atoms with Crippen molar-refractivity contribution in [2.75, 3.05) is 0 Å². The average molecular weight is 257 g/mol. The predicted molar refractivity (Wildman–Crippen MR) is 11.9 cm³/mol. The van der Waals surface area contributed by atoms with E-state index >= 15 is 0 Å². The number of nitrogens with zero attached hydrogens (tertiary/aromatic N) is 1. The molecular formula is CH2AuNO2. The van der Waals surface area contributed by atoms with Gasteiger partial charge >= 0.3 is 22.4 Å². The fourth-order valence-electron chi connectivity index (χ4n) is 0. The number of aliphatic hydroxyl groups excluding tert-OH is 1. The molecule has 0 saturated carbocycles. The SMILES string of the molecule is O[C-]=NO.[Au+]. The summed E-state index contributed by atoms with van der Waals surface area (Å²) in [7, 11) is 0. The summed E-state index contributed by atoms with van der Waals surface area (Å²) in [5, 5.41) is 16.4. The van der Waals surface area contributed by atoms with E-state index in [1.165, 1.54) is 0 Å². The molecule has 0 spiro atoms. The number of aliphatic hydroxyl groups is 1. The Balaban J connectivity index is 0. The monoisotopic (exact) mass is 257 g/mol. The second-order valence-corrected chi connectivity index (χ2v) is 0.200. The van der Waals surface area contributed by atoms with Crippen molar-refractivity contribution in [3.63, 3.8) is 0 Å². The summed E-state index contributed by atoms with van der Waals surface area (Å²) in [6.45, 7) is 0. The van der Waals surface area contributed by atoms with Gasteiger partial charge in [0.15, 0.2) is 0 Å². The maximum absolute atomic E-state index is 7.21. The molecule has 0 fully saturated rings. The zero-order valence-electron chi connectivity index (χ0n) is 2.14. The third kappa shape index (κ3) is 15.9. The van der Waals surface area contributed by atoms with Crippen LogP contribution in [0.25, 0.3) is 0 Å². The van der Waals surface area contributed by atoms with E-state index in [1.54, 1.807) is 0 Å². The molecule has 2 N–H and O–H groups in total. The van der Waals surface area contributed by atoms with Gasteiger partial charge in [-0.3, -0.25) is 5.16 Å². The molecule has 0 aliphatic rings. The maximum atomic E-state index is 7.21. The molecule has 0 aliphatic carbocycles. The van der Waals surface area contributed by atoms with E-state index in [9.17, 15) is 0 Å². The molecule has 0 aromatic rings. The van der Waals surface area contributed by atoms with Crippen LogP contribution in [0.2, 0.25) is 0 Å². The summed E-state index contributed by atoms with van der Waals surface area (Å²) in [6, 6.07) is 0. The van der Waals surface area contributed by atoms with Gasteiger partial charge in [-0.05, 0) is 0 Å². The molecule has 4 heteroatoms. The fraction of sp³-hybridized carbons (Fsp3) is 0. The molecule has 0 aliphatic heterocycles. The van der Waals surface area contributed by atoms with E-state index in [-0.39, 0.29) is 22.4 Å². The van der Waals surface area contributed by atoms with E-state index in [0.717, 1.165) is 6.40 Å². The van der Waals surface area contributed by atoms with Crippen LogP contribution in [0.1, 0.15) is 0 Å². The van der Waals surface area contributed by atoms with Crippen LogP contribution in [0.15, 0.2) is 5.16 Å². The summed E-state index contributed by atoms with van der Waals surface area (Å²) < 4.78 is 0. The number of hydrogen-bond donors (Lipinski definition) is 2. The first kappa shape index (κ1) is 8.89. The van der Waals surface area contributed by atoms with Crippen LogP contribution in [0, 0.1) is 0 Å². The second kappa shape index (κ2) is 8.99. The van der Waals surface area contributed by atoms with Gasteiger partial charge in [-0.1, -0.05) is 0 Å². The minimum absolute atomic E-state index is 0. The normalized spacial score (nSPS) is 7.20. The van der Waals surface area contributed by atoms with Crippen molar-refractivity contribution in [1.29, 1.82) is 0 Å². The maximum Gasteiger partial charge on any atom is 1.00 e. The fourth-order valence-corrected chi connectivity index (χ4v) is 0. The Hall–Kier alpha value is 0.0103. The van der Waals surface area contributed by atoms with Gasteiger partial charge in [0.25, 0.3) is 0 Å². The summed E-state index contributed by atoms with van der Waals surface area (Å²) in [4.78, 5) is 0. The molecule has 0 aromatic carbocycles. The van der Waals surface area contributed by atoms with Gasteiger partial charge in [0, 0.05) is 0 Å². The molecule has 0 radical (unpaired) electrons. The molecular weight excluding hydrogens is 255 g/mol. The molecule has 0 rings (SSSR count). The average Bonchev–Trinajstić information content (AvgIpc) is 1.37. The Morgan fingerprint density at radius 3 is 1.80 bits per heavy atom. The molecule has 0 bridgehead atoms. The summed E-state index contributed by atoms with van der Waals surface area (Å²) in [5.74, 6) is 0. The zero-order valence-corrected chi connectivity index (χ0v) is 4.31. The van der Waals surface area contributed by atoms with Crippen LogP contribution in [-0.4, -0.2) is 16.7 Å². The first-order valence-electron chi connectivity index (χ1n) is 0.647. The summed E-state index contributed by atoms with van der Waals surface area (Å²) in [6.07, 6.45) is 1.11. The van der Waals surface area contributed by atoms with Crippen LogP contribution in [0.5, 0.6) is 0 Å². The van der Waals surface area contributed by atoms with E-state index in [2.05, 4.69) is 0 Å². The van der Waals surface area contributed by atoms with E-state index < -0.39 is 0 Å². The largest absolute Gasteiger partial charge is 1.00 e. The van der Waals surface area contributed by atoms with Gasteiger partial charge in [0.05, 0.1) is 0 Å². The smallest absolute Gasteiger partial charge is 0.683 e. The summed E-state index contributed by atoms with van der Waals surface area (Å²) in [5.41, 5.74) is 0. The van der Waals surface area contributed by atoms with Crippen molar-refractivity contribution in [2.45, 2.75) is 0 Å². The standard InChI is InChI=1S/CH2NO2.Au/c3-1-2-4;/h4H,(H,2,3);/q-1;+1. The molecule has 3 nitrogen and oxygen atoms in total. The number of rotatable bonds is 0. The van der Waals surface area contributed by atoms with Gasteiger partial charge in [-0.25, -0.2) is 0 Å². The Morgan fingerprint density at radius 2 is 1.80 bits per heavy atom. The van der Waals surface area contributed by atoms with Crippen LogP contribution in [0.3, 0.4) is 0 Å². The van der Waals surface area contributed by atoms with E-state index in [0.29, 0.717) is 0 Å². The molecule has 34 valence electrons. The van der Waals surface area contributed by atoms with Crippen molar-refractivity contribution in [3.05, 3.63) is 0 Å². The molecule has 0 atom stereocenters. The van der Waals surface area contributed by atoms with Gasteiger partial charge < -0.3 is 10.3 Å². The zero-order chi connectivity index (χ0) is 3.41. The third-order valence-corrected chi connectivity index (χ3v) is 0.0447. The second-order valence-electron chi connectivity index (χ2n) is 0.200. The Labute approximate surface area is 44.8 Å². The number of hydrogen-bond acceptors (Lipinski definition) is 2. The van der Waals surface area contributed by atoms with Crippen LogP contribution in [-0.2, 0) is 22.4 Å². The van der Waals surface area contributed by atoms with E-state index in [4.69, 9.17) is 10.3 Å². The Morgan fingerprint density at radius 1 is 1.60 bits per heavy atom. The van der Waals surface area contributed by atoms with Crippen molar-refractivity contribution in [2.24, 2.45) is 5.16 Å². The molecule has 0 heterocycles. The molecule has 0 unspecified atom stereocenters. The molecule has 0 aromatic heterocycles. The first-order valence-corrected chi connectivity index (χ1v) is 0.647. The third-order valence-electron chi connectivity index (χ3n) is 0.0447. The van der Waals surface area contributed by atoms with Gasteiger partial charge in [-0.15, -0.1) is 0 Å². The van der Waals surface area contributed by atoms with Crippen molar-refractivity contribution < 1.29 is 32.7 Å². The van der Waals surface area contributed by atoms with Crippen LogP contribution < -0.4 is 0 Å². The quantitative estimate of drug-likeness (QED) is 0.158. The van der Waals surface area contributed by atoms with Gasteiger partial charge in [-0.2, -0.15) is 6.40 Å². The Kier molecular flexibility index (Phi) is 16.0. The van der Waals surface area contributed by atoms with Gasteiger partial charge in [0.2, 0.25) is 0 Å². The first-order chi connectivity index (χ1) is 1.91. The van der Waals surface area contributed by atoms with Crippen LogP contribution in [0.4, 0.5) is 0 Å². The van der Waals surface area contributed by atoms with Crippen molar-refractivity contribution in [3.8, 4) is 0 Å². The summed E-state index contributed by atoms with van der Waals surface area (Å²) >= 11 is 0. The van der Waals surface area contributed by atoms with Crippen molar-refractivity contribution in [1.82, 2.24) is 0 Å².